The summed E-state index contributed by atoms with van der Waals surface area (Å²) in [4.78, 5) is 32.4. The predicted octanol–water partition coefficient (Wildman–Crippen LogP) is 2.94. The lowest BCUT2D eigenvalue weighted by Gasteiger charge is -2.14. The van der Waals surface area contributed by atoms with Gasteiger partial charge in [-0.25, -0.2) is 14.6 Å². The van der Waals surface area contributed by atoms with Crippen molar-refractivity contribution in [1.29, 1.82) is 0 Å². The highest BCUT2D eigenvalue weighted by molar-refractivity contribution is 9.10. The Kier molecular flexibility index (Phi) is 11.1. The molecule has 0 rings (SSSR count). The Morgan fingerprint density at radius 3 is 2.27 bits per heavy atom. The average molecular weight is 381 g/mol. The Bertz CT molecular complexity index is 362. The standard InChI is InChI=1S/C15H25BrO6/c1-12(2)14(18)20-8-5-7-13(17)19-9-6-10-21-22-11-15(3,4)16/h1,5-11H2,2-4H3. The summed E-state index contributed by atoms with van der Waals surface area (Å²) in [5.41, 5.74) is 0.341. The second kappa shape index (κ2) is 11.6. The molecular weight excluding hydrogens is 356 g/mol. The summed E-state index contributed by atoms with van der Waals surface area (Å²) in [5, 5.41) is 0. The monoisotopic (exact) mass is 380 g/mol. The summed E-state index contributed by atoms with van der Waals surface area (Å²) in [6.45, 7) is 10.2. The highest BCUT2D eigenvalue weighted by Gasteiger charge is 2.13. The fourth-order valence-corrected chi connectivity index (χ4v) is 1.21. The van der Waals surface area contributed by atoms with E-state index in [1.54, 1.807) is 6.92 Å². The molecule has 7 heteroatoms. The van der Waals surface area contributed by atoms with Crippen molar-refractivity contribution in [2.24, 2.45) is 0 Å². The van der Waals surface area contributed by atoms with Crippen LogP contribution in [0.4, 0.5) is 0 Å². The minimum Gasteiger partial charge on any atom is -0.466 e. The van der Waals surface area contributed by atoms with Gasteiger partial charge in [-0.05, 0) is 27.2 Å². The minimum atomic E-state index is -0.447. The van der Waals surface area contributed by atoms with Gasteiger partial charge in [0.05, 0.1) is 26.4 Å². The van der Waals surface area contributed by atoms with Crippen molar-refractivity contribution in [2.45, 2.75) is 44.4 Å². The van der Waals surface area contributed by atoms with Gasteiger partial charge < -0.3 is 9.47 Å². The van der Waals surface area contributed by atoms with Gasteiger partial charge in [0.1, 0.15) is 0 Å². The number of alkyl halides is 1. The Hall–Kier alpha value is -0.920. The highest BCUT2D eigenvalue weighted by Crippen LogP contribution is 2.15. The van der Waals surface area contributed by atoms with Gasteiger partial charge in [-0.1, -0.05) is 22.5 Å². The number of hydrogen-bond acceptors (Lipinski definition) is 6. The molecule has 0 aliphatic rings. The van der Waals surface area contributed by atoms with Crippen LogP contribution in [0.3, 0.4) is 0 Å². The van der Waals surface area contributed by atoms with Crippen LogP contribution in [0, 0.1) is 0 Å². The molecular formula is C15H25BrO6. The first-order valence-corrected chi connectivity index (χ1v) is 7.93. The number of ether oxygens (including phenoxy) is 2. The van der Waals surface area contributed by atoms with Crippen LogP contribution in [-0.2, 0) is 28.8 Å². The maximum atomic E-state index is 11.4. The fourth-order valence-electron chi connectivity index (χ4n) is 1.12. The summed E-state index contributed by atoms with van der Waals surface area (Å²) < 4.78 is 9.73. The summed E-state index contributed by atoms with van der Waals surface area (Å²) in [7, 11) is 0. The second-order valence-electron chi connectivity index (χ2n) is 5.40. The fraction of sp³-hybridized carbons (Fsp3) is 0.733. The second-order valence-corrected chi connectivity index (χ2v) is 7.54. The number of carbonyl (C=O) groups excluding carboxylic acids is 2. The zero-order valence-corrected chi connectivity index (χ0v) is 15.1. The van der Waals surface area contributed by atoms with Crippen molar-refractivity contribution in [3.63, 3.8) is 0 Å². The molecule has 0 aliphatic heterocycles. The van der Waals surface area contributed by atoms with Gasteiger partial charge in [0, 0.05) is 22.7 Å². The minimum absolute atomic E-state index is 0.132. The summed E-state index contributed by atoms with van der Waals surface area (Å²) >= 11 is 3.42. The molecule has 0 aromatic heterocycles. The maximum Gasteiger partial charge on any atom is 0.333 e. The molecule has 128 valence electrons. The van der Waals surface area contributed by atoms with Crippen LogP contribution in [0.2, 0.25) is 0 Å². The molecule has 0 radical (unpaired) electrons. The van der Waals surface area contributed by atoms with Gasteiger partial charge in [0.25, 0.3) is 0 Å². The molecule has 0 N–H and O–H groups in total. The zero-order chi connectivity index (χ0) is 17.0. The van der Waals surface area contributed by atoms with Gasteiger partial charge in [0.2, 0.25) is 0 Å². The van der Waals surface area contributed by atoms with Gasteiger partial charge in [-0.2, -0.15) is 0 Å². The molecule has 0 spiro atoms. The average Bonchev–Trinajstić information content (AvgIpc) is 2.40. The van der Waals surface area contributed by atoms with Crippen molar-refractivity contribution < 1.29 is 28.8 Å². The number of rotatable bonds is 12. The van der Waals surface area contributed by atoms with Crippen LogP contribution in [-0.4, -0.2) is 42.7 Å². The molecule has 0 aromatic carbocycles. The number of halogens is 1. The first kappa shape index (κ1) is 21.1. The van der Waals surface area contributed by atoms with Crippen LogP contribution >= 0.6 is 15.9 Å². The third-order valence-corrected chi connectivity index (χ3v) is 2.46. The molecule has 0 saturated carbocycles. The molecule has 0 saturated heterocycles. The molecule has 0 aliphatic carbocycles. The van der Waals surface area contributed by atoms with E-state index in [4.69, 9.17) is 19.2 Å². The van der Waals surface area contributed by atoms with Crippen molar-refractivity contribution in [3.8, 4) is 0 Å². The number of esters is 2. The molecule has 0 bridgehead atoms. The molecule has 0 aromatic rings. The molecule has 0 atom stereocenters. The van der Waals surface area contributed by atoms with Crippen molar-refractivity contribution in [1.82, 2.24) is 0 Å². The highest BCUT2D eigenvalue weighted by atomic mass is 79.9. The van der Waals surface area contributed by atoms with Gasteiger partial charge in [0.15, 0.2) is 0 Å². The first-order chi connectivity index (χ1) is 10.2. The van der Waals surface area contributed by atoms with Crippen LogP contribution in [0.25, 0.3) is 0 Å². The molecule has 0 fully saturated rings. The van der Waals surface area contributed by atoms with Crippen molar-refractivity contribution in [3.05, 3.63) is 12.2 Å². The number of carbonyl (C=O) groups is 2. The van der Waals surface area contributed by atoms with E-state index in [2.05, 4.69) is 22.5 Å². The predicted molar refractivity (Wildman–Crippen MR) is 85.5 cm³/mol. The first-order valence-electron chi connectivity index (χ1n) is 7.14. The molecule has 0 heterocycles. The summed E-state index contributed by atoms with van der Waals surface area (Å²) in [6, 6.07) is 0. The number of hydrogen-bond donors (Lipinski definition) is 0. The van der Waals surface area contributed by atoms with E-state index >= 15 is 0 Å². The SMILES string of the molecule is C=C(C)C(=O)OCCCC(=O)OCCCOOCC(C)(C)Br. The smallest absolute Gasteiger partial charge is 0.333 e. The normalized spacial score (nSPS) is 11.1. The van der Waals surface area contributed by atoms with E-state index in [0.717, 1.165) is 0 Å². The van der Waals surface area contributed by atoms with E-state index in [9.17, 15) is 9.59 Å². The quantitative estimate of drug-likeness (QED) is 0.129. The summed E-state index contributed by atoms with van der Waals surface area (Å²) in [6.07, 6.45) is 1.19. The van der Waals surface area contributed by atoms with Crippen LogP contribution in [0.15, 0.2) is 12.2 Å². The molecule has 0 amide bonds. The van der Waals surface area contributed by atoms with E-state index < -0.39 is 5.97 Å². The Morgan fingerprint density at radius 2 is 1.68 bits per heavy atom. The Labute approximate surface area is 140 Å². The van der Waals surface area contributed by atoms with E-state index in [0.29, 0.717) is 31.6 Å². The lowest BCUT2D eigenvalue weighted by atomic mass is 10.2. The van der Waals surface area contributed by atoms with Crippen LogP contribution in [0.5, 0.6) is 0 Å². The Balaban J connectivity index is 3.40. The van der Waals surface area contributed by atoms with Gasteiger partial charge in [-0.3, -0.25) is 4.79 Å². The largest absolute Gasteiger partial charge is 0.466 e. The van der Waals surface area contributed by atoms with E-state index in [-0.39, 0.29) is 29.9 Å². The van der Waals surface area contributed by atoms with E-state index in [1.807, 2.05) is 13.8 Å². The summed E-state index contributed by atoms with van der Waals surface area (Å²) in [5.74, 6) is -0.772. The third kappa shape index (κ3) is 14.0. The maximum absolute atomic E-state index is 11.4. The molecule has 0 unspecified atom stereocenters. The van der Waals surface area contributed by atoms with Gasteiger partial charge in [-0.15, -0.1) is 0 Å². The zero-order valence-electron chi connectivity index (χ0n) is 13.5. The van der Waals surface area contributed by atoms with Gasteiger partial charge >= 0.3 is 11.9 Å². The van der Waals surface area contributed by atoms with Crippen molar-refractivity contribution >= 4 is 27.9 Å². The van der Waals surface area contributed by atoms with Crippen LogP contribution in [0.1, 0.15) is 40.0 Å². The van der Waals surface area contributed by atoms with Crippen LogP contribution < -0.4 is 0 Å². The van der Waals surface area contributed by atoms with E-state index in [1.165, 1.54) is 0 Å². The lowest BCUT2D eigenvalue weighted by molar-refractivity contribution is -0.298. The lowest BCUT2D eigenvalue weighted by Crippen LogP contribution is -2.19. The van der Waals surface area contributed by atoms with Crippen molar-refractivity contribution in [2.75, 3.05) is 26.4 Å². The third-order valence-electron chi connectivity index (χ3n) is 2.23. The Morgan fingerprint density at radius 1 is 1.05 bits per heavy atom. The molecule has 6 nitrogen and oxygen atoms in total. The molecule has 22 heavy (non-hydrogen) atoms. The topological polar surface area (TPSA) is 71.1 Å².